The zero-order chi connectivity index (χ0) is 32.0. The van der Waals surface area contributed by atoms with Gasteiger partial charge < -0.3 is 20.3 Å². The number of aromatic nitrogens is 1. The van der Waals surface area contributed by atoms with E-state index in [9.17, 15) is 9.59 Å². The molecular weight excluding hydrogens is 649 g/mol. The van der Waals surface area contributed by atoms with Gasteiger partial charge in [-0.2, -0.15) is 0 Å². The van der Waals surface area contributed by atoms with Crippen LogP contribution in [0.4, 0.5) is 10.5 Å². The number of piperidine rings is 1. The fourth-order valence-electron chi connectivity index (χ4n) is 5.62. The van der Waals surface area contributed by atoms with Crippen molar-refractivity contribution < 1.29 is 14.3 Å². The van der Waals surface area contributed by atoms with E-state index in [1.54, 1.807) is 11.3 Å². The molecule has 2 amide bonds. The van der Waals surface area contributed by atoms with Gasteiger partial charge in [0.05, 0.1) is 27.5 Å². The van der Waals surface area contributed by atoms with Gasteiger partial charge >= 0.3 is 6.09 Å². The summed E-state index contributed by atoms with van der Waals surface area (Å²) in [7, 11) is 0. The second-order valence-electron chi connectivity index (χ2n) is 12.6. The summed E-state index contributed by atoms with van der Waals surface area (Å²) in [6.07, 6.45) is 3.52. The van der Waals surface area contributed by atoms with E-state index >= 15 is 0 Å². The fourth-order valence-corrected chi connectivity index (χ4v) is 7.58. The van der Waals surface area contributed by atoms with Gasteiger partial charge in [0.2, 0.25) is 5.91 Å². The lowest BCUT2D eigenvalue weighted by atomic mass is 10.0. The van der Waals surface area contributed by atoms with Gasteiger partial charge in [-0.3, -0.25) is 9.69 Å². The molecule has 2 N–H and O–H groups in total. The number of carbonyl (C=O) groups is 2. The van der Waals surface area contributed by atoms with Crippen molar-refractivity contribution in [2.75, 3.05) is 37.2 Å². The second kappa shape index (κ2) is 15.4. The summed E-state index contributed by atoms with van der Waals surface area (Å²) in [5.41, 5.74) is 3.51. The molecule has 5 rings (SSSR count). The van der Waals surface area contributed by atoms with E-state index in [1.165, 1.54) is 11.8 Å². The van der Waals surface area contributed by atoms with Crippen LogP contribution in [0, 0.1) is 0 Å². The molecule has 2 aromatic carbocycles. The number of benzene rings is 2. The van der Waals surface area contributed by atoms with Crippen LogP contribution < -0.4 is 10.6 Å². The molecule has 3 aromatic rings. The SMILES string of the molecule is CC(C)(C)OC(=O)N1CCC[C@H]1CNc1cccc(-c2csc(SCC(=O)NC3CCN(Cc4ccc(Cl)c(Cl)c4)CC3)n2)c1. The maximum Gasteiger partial charge on any atom is 0.410 e. The monoisotopic (exact) mass is 689 g/mol. The summed E-state index contributed by atoms with van der Waals surface area (Å²) in [5.74, 6) is 0.381. The summed E-state index contributed by atoms with van der Waals surface area (Å²) in [5, 5.41) is 9.89. The third-order valence-corrected chi connectivity index (χ3v) is 10.6. The molecule has 3 heterocycles. The second-order valence-corrected chi connectivity index (χ2v) is 15.5. The van der Waals surface area contributed by atoms with E-state index in [2.05, 4.69) is 21.6 Å². The lowest BCUT2D eigenvalue weighted by Gasteiger charge is -2.32. The van der Waals surface area contributed by atoms with Crippen LogP contribution in [-0.4, -0.2) is 76.4 Å². The van der Waals surface area contributed by atoms with Gasteiger partial charge in [-0.1, -0.05) is 53.2 Å². The molecular formula is C33H41Cl2N5O3S2. The van der Waals surface area contributed by atoms with E-state index in [0.29, 0.717) is 22.3 Å². The van der Waals surface area contributed by atoms with Gasteiger partial charge in [-0.15, -0.1) is 11.3 Å². The predicted octanol–water partition coefficient (Wildman–Crippen LogP) is 7.80. The average molecular weight is 691 g/mol. The number of amides is 2. The van der Waals surface area contributed by atoms with Gasteiger partial charge in [0.1, 0.15) is 5.60 Å². The third-order valence-electron chi connectivity index (χ3n) is 7.86. The third kappa shape index (κ3) is 9.99. The Kier molecular flexibility index (Phi) is 11.6. The lowest BCUT2D eigenvalue weighted by molar-refractivity contribution is -0.119. The number of carbonyl (C=O) groups excluding carboxylic acids is 2. The van der Waals surface area contributed by atoms with Crippen LogP contribution in [0.3, 0.4) is 0 Å². The number of thioether (sulfide) groups is 1. The van der Waals surface area contributed by atoms with E-state index in [-0.39, 0.29) is 24.1 Å². The minimum Gasteiger partial charge on any atom is -0.444 e. The summed E-state index contributed by atoms with van der Waals surface area (Å²) in [6.45, 7) is 9.73. The molecule has 0 bridgehead atoms. The van der Waals surface area contributed by atoms with Crippen molar-refractivity contribution in [2.24, 2.45) is 0 Å². The van der Waals surface area contributed by atoms with Crippen LogP contribution in [0.5, 0.6) is 0 Å². The van der Waals surface area contributed by atoms with Crippen molar-refractivity contribution in [3.05, 3.63) is 63.5 Å². The molecule has 8 nitrogen and oxygen atoms in total. The van der Waals surface area contributed by atoms with E-state index in [4.69, 9.17) is 32.9 Å². The molecule has 12 heteroatoms. The van der Waals surface area contributed by atoms with E-state index in [0.717, 1.165) is 78.7 Å². The number of nitrogens with zero attached hydrogens (tertiary/aromatic N) is 3. The van der Waals surface area contributed by atoms with Crippen molar-refractivity contribution in [3.63, 3.8) is 0 Å². The summed E-state index contributed by atoms with van der Waals surface area (Å²) < 4.78 is 6.47. The fraction of sp³-hybridized carbons (Fsp3) is 0.485. The number of rotatable bonds is 10. The molecule has 0 radical (unpaired) electrons. The minimum absolute atomic E-state index is 0.0400. The summed E-state index contributed by atoms with van der Waals surface area (Å²) >= 11 is 15.2. The van der Waals surface area contributed by atoms with Gasteiger partial charge in [-0.25, -0.2) is 9.78 Å². The number of thiazole rings is 1. The van der Waals surface area contributed by atoms with Crippen molar-refractivity contribution in [2.45, 2.75) is 75.0 Å². The molecule has 45 heavy (non-hydrogen) atoms. The highest BCUT2D eigenvalue weighted by Crippen LogP contribution is 2.30. The maximum absolute atomic E-state index is 12.7. The highest BCUT2D eigenvalue weighted by molar-refractivity contribution is 8.01. The predicted molar refractivity (Wildman–Crippen MR) is 186 cm³/mol. The van der Waals surface area contributed by atoms with Crippen molar-refractivity contribution >= 4 is 64.0 Å². The first kappa shape index (κ1) is 33.9. The normalized spacial score (nSPS) is 17.8. The summed E-state index contributed by atoms with van der Waals surface area (Å²) in [4.78, 5) is 34.4. The van der Waals surface area contributed by atoms with Gasteiger partial charge in [0.25, 0.3) is 0 Å². The van der Waals surface area contributed by atoms with Gasteiger partial charge in [0, 0.05) is 55.4 Å². The molecule has 0 saturated carbocycles. The number of hydrogen-bond donors (Lipinski definition) is 2. The van der Waals surface area contributed by atoms with Gasteiger partial charge in [-0.05, 0) is 76.3 Å². The first-order valence-corrected chi connectivity index (χ1v) is 18.0. The highest BCUT2D eigenvalue weighted by Gasteiger charge is 2.32. The molecule has 242 valence electrons. The average Bonchev–Trinajstić information content (AvgIpc) is 3.67. The molecule has 1 aromatic heterocycles. The smallest absolute Gasteiger partial charge is 0.410 e. The Morgan fingerprint density at radius 3 is 2.62 bits per heavy atom. The Hall–Kier alpha value is -2.50. The Bertz CT molecular complexity index is 1470. The zero-order valence-corrected chi connectivity index (χ0v) is 29.1. The zero-order valence-electron chi connectivity index (χ0n) is 26.0. The van der Waals surface area contributed by atoms with Crippen molar-refractivity contribution in [1.29, 1.82) is 0 Å². The van der Waals surface area contributed by atoms with E-state index in [1.807, 2.05) is 67.4 Å². The first-order valence-electron chi connectivity index (χ1n) is 15.4. The Morgan fingerprint density at radius 1 is 1.07 bits per heavy atom. The summed E-state index contributed by atoms with van der Waals surface area (Å²) in [6, 6.07) is 14.2. The number of nitrogens with one attached hydrogen (secondary N) is 2. The van der Waals surface area contributed by atoms with Crippen LogP contribution in [0.25, 0.3) is 11.3 Å². The molecule has 1 atom stereocenters. The lowest BCUT2D eigenvalue weighted by Crippen LogP contribution is -2.44. The molecule has 2 aliphatic heterocycles. The Morgan fingerprint density at radius 2 is 1.87 bits per heavy atom. The van der Waals surface area contributed by atoms with Crippen LogP contribution >= 0.6 is 46.3 Å². The first-order chi connectivity index (χ1) is 21.5. The quantitative estimate of drug-likeness (QED) is 0.210. The largest absolute Gasteiger partial charge is 0.444 e. The molecule has 0 unspecified atom stereocenters. The van der Waals surface area contributed by atoms with Crippen molar-refractivity contribution in [1.82, 2.24) is 20.1 Å². The number of likely N-dealkylation sites (tertiary alicyclic amines) is 2. The topological polar surface area (TPSA) is 86.8 Å². The molecule has 0 aliphatic carbocycles. The van der Waals surface area contributed by atoms with Gasteiger partial charge in [0.15, 0.2) is 4.34 Å². The molecule has 2 aliphatic rings. The number of ether oxygens (including phenoxy) is 1. The standard InChI is InChI=1S/C33H41Cl2N5O3S2/c1-33(2,3)43-32(42)40-13-5-8-26(40)18-36-25-7-4-6-23(17-25)29-20-44-31(38-29)45-21-30(41)37-24-11-14-39(15-12-24)19-22-9-10-27(34)28(35)16-22/h4,6-7,9-10,16-17,20,24,26,36H,5,8,11-15,18-19,21H2,1-3H3,(H,37,41)/t26-/m0/s1. The van der Waals surface area contributed by atoms with Crippen LogP contribution in [-0.2, 0) is 16.1 Å². The molecule has 0 spiro atoms. The number of halogens is 2. The minimum atomic E-state index is -0.506. The highest BCUT2D eigenvalue weighted by atomic mass is 35.5. The Labute approximate surface area is 284 Å². The van der Waals surface area contributed by atoms with Crippen LogP contribution in [0.15, 0.2) is 52.2 Å². The number of hydrogen-bond acceptors (Lipinski definition) is 8. The van der Waals surface area contributed by atoms with Crippen molar-refractivity contribution in [3.8, 4) is 11.3 Å². The molecule has 2 fully saturated rings. The maximum atomic E-state index is 12.7. The number of anilines is 1. The van der Waals surface area contributed by atoms with Crippen LogP contribution in [0.2, 0.25) is 10.0 Å². The Balaban J connectivity index is 1.05. The van der Waals surface area contributed by atoms with Crippen LogP contribution in [0.1, 0.15) is 52.0 Å². The van der Waals surface area contributed by atoms with E-state index < -0.39 is 5.60 Å². The molecule has 2 saturated heterocycles.